The number of aliphatic carboxylic acids is 1. The molecule has 0 amide bonds. The predicted octanol–water partition coefficient (Wildman–Crippen LogP) is 0.500. The molecule has 7 heteroatoms. The summed E-state index contributed by atoms with van der Waals surface area (Å²) in [4.78, 5) is 10.8. The zero-order chi connectivity index (χ0) is 14.6. The van der Waals surface area contributed by atoms with Crippen LogP contribution in [0.4, 0.5) is 0 Å². The molecule has 1 aromatic carbocycles. The quantitative estimate of drug-likeness (QED) is 0.705. The third-order valence-electron chi connectivity index (χ3n) is 2.69. The molecule has 1 atom stereocenters. The van der Waals surface area contributed by atoms with Crippen LogP contribution in [0.15, 0.2) is 29.2 Å². The minimum absolute atomic E-state index is 0.0246. The summed E-state index contributed by atoms with van der Waals surface area (Å²) in [5, 5.41) is 8.79. The van der Waals surface area contributed by atoms with E-state index in [-0.39, 0.29) is 11.4 Å². The summed E-state index contributed by atoms with van der Waals surface area (Å²) in [7, 11) is -3.87. The van der Waals surface area contributed by atoms with Crippen molar-refractivity contribution in [3.8, 4) is 0 Å². The van der Waals surface area contributed by atoms with Crippen LogP contribution in [-0.4, -0.2) is 32.1 Å². The molecule has 0 aromatic heterocycles. The van der Waals surface area contributed by atoms with Gasteiger partial charge < -0.3 is 10.8 Å². The number of carbonyl (C=O) groups is 1. The summed E-state index contributed by atoms with van der Waals surface area (Å²) < 4.78 is 26.0. The second kappa shape index (κ2) is 6.14. The summed E-state index contributed by atoms with van der Waals surface area (Å²) >= 11 is 0. The van der Waals surface area contributed by atoms with E-state index in [4.69, 9.17) is 10.8 Å². The Morgan fingerprint density at radius 1 is 1.32 bits per heavy atom. The number of nitrogens with two attached hydrogens (primary N) is 1. The van der Waals surface area contributed by atoms with Crippen LogP contribution >= 0.6 is 0 Å². The third-order valence-corrected chi connectivity index (χ3v) is 4.18. The van der Waals surface area contributed by atoms with Crippen molar-refractivity contribution in [1.29, 1.82) is 0 Å². The van der Waals surface area contributed by atoms with Crippen molar-refractivity contribution in [3.05, 3.63) is 29.8 Å². The Balaban J connectivity index is 2.97. The largest absolute Gasteiger partial charge is 0.480 e. The van der Waals surface area contributed by atoms with Crippen molar-refractivity contribution in [2.75, 3.05) is 6.54 Å². The highest BCUT2D eigenvalue weighted by atomic mass is 32.2. The van der Waals surface area contributed by atoms with E-state index < -0.39 is 22.0 Å². The fourth-order valence-corrected chi connectivity index (χ4v) is 2.69. The minimum Gasteiger partial charge on any atom is -0.480 e. The Hall–Kier alpha value is -1.44. The first-order valence-electron chi connectivity index (χ1n) is 5.83. The smallest absolute Gasteiger partial charge is 0.323 e. The first-order valence-corrected chi connectivity index (χ1v) is 7.31. The van der Waals surface area contributed by atoms with Gasteiger partial charge in [0.2, 0.25) is 10.0 Å². The lowest BCUT2D eigenvalue weighted by molar-refractivity contribution is -0.138. The van der Waals surface area contributed by atoms with E-state index in [0.29, 0.717) is 5.92 Å². The second-order valence-corrected chi connectivity index (χ2v) is 6.19. The summed E-state index contributed by atoms with van der Waals surface area (Å²) in [5.74, 6) is -1.01. The maximum absolute atomic E-state index is 12.0. The zero-order valence-electron chi connectivity index (χ0n) is 10.8. The Bertz CT molecular complexity index is 537. The van der Waals surface area contributed by atoms with E-state index >= 15 is 0 Å². The Labute approximate surface area is 112 Å². The van der Waals surface area contributed by atoms with Crippen LogP contribution in [0, 0.1) is 0 Å². The average molecular weight is 286 g/mol. The molecule has 106 valence electrons. The van der Waals surface area contributed by atoms with Crippen molar-refractivity contribution >= 4 is 16.0 Å². The van der Waals surface area contributed by atoms with Gasteiger partial charge in [-0.05, 0) is 23.6 Å². The molecule has 0 saturated heterocycles. The highest BCUT2D eigenvalue weighted by Crippen LogP contribution is 2.17. The molecule has 0 fully saturated rings. The SMILES string of the molecule is CC(C)c1ccc(S(=O)(=O)NC(CN)C(=O)O)cc1. The summed E-state index contributed by atoms with van der Waals surface area (Å²) in [6.45, 7) is 3.69. The van der Waals surface area contributed by atoms with Crippen LogP contribution in [-0.2, 0) is 14.8 Å². The number of sulfonamides is 1. The van der Waals surface area contributed by atoms with Gasteiger partial charge in [0, 0.05) is 6.54 Å². The molecule has 4 N–H and O–H groups in total. The first-order chi connectivity index (χ1) is 8.77. The van der Waals surface area contributed by atoms with Gasteiger partial charge in [-0.2, -0.15) is 4.72 Å². The van der Waals surface area contributed by atoms with Gasteiger partial charge in [-0.25, -0.2) is 8.42 Å². The third kappa shape index (κ3) is 4.02. The van der Waals surface area contributed by atoms with Crippen LogP contribution in [0.3, 0.4) is 0 Å². The molecule has 0 heterocycles. The van der Waals surface area contributed by atoms with E-state index in [9.17, 15) is 13.2 Å². The lowest BCUT2D eigenvalue weighted by Crippen LogP contribution is -2.45. The van der Waals surface area contributed by atoms with Gasteiger partial charge in [-0.1, -0.05) is 26.0 Å². The predicted molar refractivity (Wildman–Crippen MR) is 71.3 cm³/mol. The highest BCUT2D eigenvalue weighted by molar-refractivity contribution is 7.89. The van der Waals surface area contributed by atoms with E-state index in [1.807, 2.05) is 13.8 Å². The fourth-order valence-electron chi connectivity index (χ4n) is 1.49. The molecule has 6 nitrogen and oxygen atoms in total. The van der Waals surface area contributed by atoms with E-state index in [1.54, 1.807) is 12.1 Å². The first kappa shape index (κ1) is 15.6. The minimum atomic E-state index is -3.87. The number of hydrogen-bond acceptors (Lipinski definition) is 4. The van der Waals surface area contributed by atoms with Gasteiger partial charge in [0.25, 0.3) is 0 Å². The Kier molecular flexibility index (Phi) is 5.04. The van der Waals surface area contributed by atoms with Gasteiger partial charge in [0.15, 0.2) is 0 Å². The lowest BCUT2D eigenvalue weighted by atomic mass is 10.0. The van der Waals surface area contributed by atoms with Crippen molar-refractivity contribution in [2.24, 2.45) is 5.73 Å². The van der Waals surface area contributed by atoms with Gasteiger partial charge in [0.1, 0.15) is 6.04 Å². The molecule has 0 spiro atoms. The number of hydrogen-bond donors (Lipinski definition) is 3. The van der Waals surface area contributed by atoms with Gasteiger partial charge in [0.05, 0.1) is 4.90 Å². The topological polar surface area (TPSA) is 109 Å². The molecule has 0 saturated carbocycles. The zero-order valence-corrected chi connectivity index (χ0v) is 11.6. The van der Waals surface area contributed by atoms with E-state index in [1.165, 1.54) is 12.1 Å². The number of rotatable bonds is 6. The molecule has 1 unspecified atom stereocenters. The van der Waals surface area contributed by atoms with Crippen LogP contribution in [0.25, 0.3) is 0 Å². The van der Waals surface area contributed by atoms with E-state index in [2.05, 4.69) is 4.72 Å². The van der Waals surface area contributed by atoms with Gasteiger partial charge in [-0.15, -0.1) is 0 Å². The molecule has 0 radical (unpaired) electrons. The summed E-state index contributed by atoms with van der Waals surface area (Å²) in [6.07, 6.45) is 0. The normalized spacial score (nSPS) is 13.5. The lowest BCUT2D eigenvalue weighted by Gasteiger charge is -2.13. The number of nitrogens with one attached hydrogen (secondary N) is 1. The average Bonchev–Trinajstić information content (AvgIpc) is 2.35. The number of carboxylic acid groups (broad SMARTS) is 1. The molecule has 0 bridgehead atoms. The van der Waals surface area contributed by atoms with Crippen molar-refractivity contribution < 1.29 is 18.3 Å². The molecule has 1 aromatic rings. The van der Waals surface area contributed by atoms with Crippen molar-refractivity contribution in [3.63, 3.8) is 0 Å². The summed E-state index contributed by atoms with van der Waals surface area (Å²) in [5.41, 5.74) is 6.22. The Morgan fingerprint density at radius 2 is 1.84 bits per heavy atom. The van der Waals surface area contributed by atoms with Crippen LogP contribution in [0.5, 0.6) is 0 Å². The molecule has 0 aliphatic carbocycles. The van der Waals surface area contributed by atoms with Crippen LogP contribution in [0.2, 0.25) is 0 Å². The highest BCUT2D eigenvalue weighted by Gasteiger charge is 2.24. The van der Waals surface area contributed by atoms with Gasteiger partial charge in [-0.3, -0.25) is 4.79 Å². The monoisotopic (exact) mass is 286 g/mol. The van der Waals surface area contributed by atoms with E-state index in [0.717, 1.165) is 5.56 Å². The molecule has 0 aliphatic heterocycles. The number of carboxylic acids is 1. The standard InChI is InChI=1S/C12H18N2O4S/c1-8(2)9-3-5-10(6-4-9)19(17,18)14-11(7-13)12(15)16/h3-6,8,11,14H,7,13H2,1-2H3,(H,15,16). The van der Waals surface area contributed by atoms with Crippen LogP contribution in [0.1, 0.15) is 25.3 Å². The van der Waals surface area contributed by atoms with Crippen molar-refractivity contribution in [2.45, 2.75) is 30.7 Å². The van der Waals surface area contributed by atoms with Crippen molar-refractivity contribution in [1.82, 2.24) is 4.72 Å². The maximum Gasteiger partial charge on any atom is 0.323 e. The second-order valence-electron chi connectivity index (χ2n) is 4.47. The maximum atomic E-state index is 12.0. The molecular formula is C12H18N2O4S. The number of benzene rings is 1. The van der Waals surface area contributed by atoms with Crippen LogP contribution < -0.4 is 10.5 Å². The Morgan fingerprint density at radius 3 is 2.21 bits per heavy atom. The molecular weight excluding hydrogens is 268 g/mol. The molecule has 1 rings (SSSR count). The fraction of sp³-hybridized carbons (Fsp3) is 0.417. The molecule has 19 heavy (non-hydrogen) atoms. The van der Waals surface area contributed by atoms with Gasteiger partial charge >= 0.3 is 5.97 Å². The summed E-state index contributed by atoms with van der Waals surface area (Å²) in [6, 6.07) is 4.99. The molecule has 0 aliphatic rings.